The summed E-state index contributed by atoms with van der Waals surface area (Å²) in [5, 5.41) is 0. The zero-order chi connectivity index (χ0) is 12.8. The van der Waals surface area contributed by atoms with Crippen LogP contribution in [-0.2, 0) is 6.42 Å². The van der Waals surface area contributed by atoms with Gasteiger partial charge in [0.25, 0.3) is 0 Å². The molecule has 0 radical (unpaired) electrons. The first-order valence-corrected chi connectivity index (χ1v) is 7.23. The lowest BCUT2D eigenvalue weighted by Crippen LogP contribution is -2.42. The third-order valence-electron chi connectivity index (χ3n) is 4.06. The molecule has 0 spiro atoms. The molecule has 1 fully saturated rings. The molecule has 1 aliphatic rings. The molecule has 0 aliphatic heterocycles. The summed E-state index contributed by atoms with van der Waals surface area (Å²) in [6.45, 7) is 2.90. The molecular weight excluding hydrogens is 222 g/mol. The van der Waals surface area contributed by atoms with Crippen LogP contribution in [0.5, 0.6) is 5.75 Å². The molecule has 0 heterocycles. The first-order chi connectivity index (χ1) is 8.73. The lowest BCUT2D eigenvalue weighted by molar-refractivity contribution is 0.213. The maximum Gasteiger partial charge on any atom is 0.122 e. The summed E-state index contributed by atoms with van der Waals surface area (Å²) < 4.78 is 5.92. The van der Waals surface area contributed by atoms with Crippen molar-refractivity contribution in [1.29, 1.82) is 0 Å². The zero-order valence-corrected chi connectivity index (χ0v) is 11.5. The Morgan fingerprint density at radius 1 is 1.17 bits per heavy atom. The van der Waals surface area contributed by atoms with Crippen molar-refractivity contribution >= 4 is 0 Å². The normalized spacial score (nSPS) is 18.6. The van der Waals surface area contributed by atoms with Crippen LogP contribution in [0.15, 0.2) is 24.3 Å². The highest BCUT2D eigenvalue weighted by atomic mass is 16.5. The summed E-state index contributed by atoms with van der Waals surface area (Å²) in [6, 6.07) is 8.29. The average Bonchev–Trinajstić information content (AvgIpc) is 2.40. The Balaban J connectivity index is 1.84. The largest absolute Gasteiger partial charge is 0.493 e. The number of ether oxygens (including phenoxy) is 1. The molecule has 1 aromatic carbocycles. The number of rotatable bonds is 5. The first-order valence-electron chi connectivity index (χ1n) is 7.23. The van der Waals surface area contributed by atoms with E-state index in [0.717, 1.165) is 38.0 Å². The van der Waals surface area contributed by atoms with Crippen LogP contribution in [0.1, 0.15) is 51.0 Å². The summed E-state index contributed by atoms with van der Waals surface area (Å²) in [5.41, 5.74) is 7.73. The maximum absolute atomic E-state index is 6.41. The number of hydrogen-bond acceptors (Lipinski definition) is 2. The Kier molecular flexibility index (Phi) is 4.65. The lowest BCUT2D eigenvalue weighted by Gasteiger charge is -2.33. The number of hydrogen-bond donors (Lipinski definition) is 1. The van der Waals surface area contributed by atoms with E-state index in [4.69, 9.17) is 10.5 Å². The van der Waals surface area contributed by atoms with Crippen molar-refractivity contribution in [2.75, 3.05) is 6.61 Å². The second-order valence-electron chi connectivity index (χ2n) is 5.48. The molecule has 1 aromatic rings. The van der Waals surface area contributed by atoms with E-state index in [1.54, 1.807) is 0 Å². The predicted molar refractivity (Wildman–Crippen MR) is 75.9 cm³/mol. The van der Waals surface area contributed by atoms with Crippen LogP contribution in [0.2, 0.25) is 0 Å². The standard InChI is InChI=1S/C16H25NO/c1-2-14-8-4-5-9-15(14)18-13-12-16(17)10-6-3-7-11-16/h4-5,8-9H,2-3,6-7,10-13,17H2,1H3. The van der Waals surface area contributed by atoms with Gasteiger partial charge in [-0.25, -0.2) is 0 Å². The van der Waals surface area contributed by atoms with Gasteiger partial charge < -0.3 is 10.5 Å². The minimum Gasteiger partial charge on any atom is -0.493 e. The summed E-state index contributed by atoms with van der Waals surface area (Å²) in [5.74, 6) is 1.03. The molecule has 2 nitrogen and oxygen atoms in total. The van der Waals surface area contributed by atoms with E-state index in [-0.39, 0.29) is 5.54 Å². The van der Waals surface area contributed by atoms with Gasteiger partial charge in [0.15, 0.2) is 0 Å². The van der Waals surface area contributed by atoms with Gasteiger partial charge in [0.1, 0.15) is 5.75 Å². The van der Waals surface area contributed by atoms with Crippen LogP contribution >= 0.6 is 0 Å². The second kappa shape index (κ2) is 6.24. The van der Waals surface area contributed by atoms with E-state index >= 15 is 0 Å². The van der Waals surface area contributed by atoms with Gasteiger partial charge in [-0.15, -0.1) is 0 Å². The van der Waals surface area contributed by atoms with Crippen molar-refractivity contribution in [3.05, 3.63) is 29.8 Å². The van der Waals surface area contributed by atoms with Crippen LogP contribution in [0.3, 0.4) is 0 Å². The fraction of sp³-hybridized carbons (Fsp3) is 0.625. The molecule has 0 saturated heterocycles. The van der Waals surface area contributed by atoms with Gasteiger partial charge in [0, 0.05) is 5.54 Å². The quantitative estimate of drug-likeness (QED) is 0.861. The molecule has 1 saturated carbocycles. The Bertz CT molecular complexity index is 369. The van der Waals surface area contributed by atoms with Crippen molar-refractivity contribution in [3.63, 3.8) is 0 Å². The zero-order valence-electron chi connectivity index (χ0n) is 11.5. The molecule has 1 aliphatic carbocycles. The van der Waals surface area contributed by atoms with E-state index in [0.29, 0.717) is 0 Å². The second-order valence-corrected chi connectivity index (χ2v) is 5.48. The van der Waals surface area contributed by atoms with Crippen molar-refractivity contribution in [2.45, 2.75) is 57.4 Å². The molecule has 0 amide bonds. The molecule has 100 valence electrons. The summed E-state index contributed by atoms with van der Waals surface area (Å²) >= 11 is 0. The number of nitrogens with two attached hydrogens (primary N) is 1. The molecule has 2 heteroatoms. The van der Waals surface area contributed by atoms with Crippen LogP contribution in [-0.4, -0.2) is 12.1 Å². The minimum absolute atomic E-state index is 0.0272. The molecule has 2 N–H and O–H groups in total. The third kappa shape index (κ3) is 3.49. The highest BCUT2D eigenvalue weighted by Gasteiger charge is 2.27. The molecule has 18 heavy (non-hydrogen) atoms. The van der Waals surface area contributed by atoms with Crippen LogP contribution in [0.25, 0.3) is 0 Å². The van der Waals surface area contributed by atoms with Crippen molar-refractivity contribution in [3.8, 4) is 5.75 Å². The van der Waals surface area contributed by atoms with E-state index in [1.165, 1.54) is 24.8 Å². The van der Waals surface area contributed by atoms with Crippen LogP contribution in [0, 0.1) is 0 Å². The third-order valence-corrected chi connectivity index (χ3v) is 4.06. The van der Waals surface area contributed by atoms with Crippen molar-refractivity contribution in [2.24, 2.45) is 5.73 Å². The SMILES string of the molecule is CCc1ccccc1OCCC1(N)CCCCC1. The van der Waals surface area contributed by atoms with Crippen LogP contribution in [0.4, 0.5) is 0 Å². The summed E-state index contributed by atoms with van der Waals surface area (Å²) in [7, 11) is 0. The average molecular weight is 247 g/mol. The topological polar surface area (TPSA) is 35.2 Å². The first kappa shape index (κ1) is 13.4. The lowest BCUT2D eigenvalue weighted by atomic mass is 9.80. The van der Waals surface area contributed by atoms with Crippen molar-refractivity contribution in [1.82, 2.24) is 0 Å². The van der Waals surface area contributed by atoms with Crippen molar-refractivity contribution < 1.29 is 4.74 Å². The number of para-hydroxylation sites is 1. The summed E-state index contributed by atoms with van der Waals surface area (Å²) in [4.78, 5) is 0. The Morgan fingerprint density at radius 2 is 1.89 bits per heavy atom. The molecular formula is C16H25NO. The molecule has 0 atom stereocenters. The Morgan fingerprint density at radius 3 is 2.61 bits per heavy atom. The van der Waals surface area contributed by atoms with E-state index < -0.39 is 0 Å². The smallest absolute Gasteiger partial charge is 0.122 e. The van der Waals surface area contributed by atoms with Gasteiger partial charge in [-0.2, -0.15) is 0 Å². The fourth-order valence-corrected chi connectivity index (χ4v) is 2.81. The monoisotopic (exact) mass is 247 g/mol. The highest BCUT2D eigenvalue weighted by Crippen LogP contribution is 2.29. The van der Waals surface area contributed by atoms with Crippen LogP contribution < -0.4 is 10.5 Å². The number of benzene rings is 1. The fourth-order valence-electron chi connectivity index (χ4n) is 2.81. The molecule has 0 aromatic heterocycles. The van der Waals surface area contributed by atoms with Gasteiger partial charge in [-0.3, -0.25) is 0 Å². The van der Waals surface area contributed by atoms with E-state index in [1.807, 2.05) is 6.07 Å². The van der Waals surface area contributed by atoms with Gasteiger partial charge in [-0.05, 0) is 37.3 Å². The van der Waals surface area contributed by atoms with Gasteiger partial charge >= 0.3 is 0 Å². The molecule has 0 unspecified atom stereocenters. The highest BCUT2D eigenvalue weighted by molar-refractivity contribution is 5.33. The van der Waals surface area contributed by atoms with Gasteiger partial charge in [0.2, 0.25) is 0 Å². The Labute approximate surface area is 111 Å². The minimum atomic E-state index is 0.0272. The van der Waals surface area contributed by atoms with E-state index in [9.17, 15) is 0 Å². The Hall–Kier alpha value is -1.02. The van der Waals surface area contributed by atoms with Gasteiger partial charge in [-0.1, -0.05) is 44.4 Å². The van der Waals surface area contributed by atoms with Gasteiger partial charge in [0.05, 0.1) is 6.61 Å². The maximum atomic E-state index is 6.41. The predicted octanol–water partition coefficient (Wildman–Crippen LogP) is 3.68. The molecule has 2 rings (SSSR count). The number of aryl methyl sites for hydroxylation is 1. The van der Waals surface area contributed by atoms with E-state index in [2.05, 4.69) is 25.1 Å². The summed E-state index contributed by atoms with van der Waals surface area (Å²) in [6.07, 6.45) is 8.22. The molecule has 0 bridgehead atoms.